The highest BCUT2D eigenvalue weighted by Crippen LogP contribution is 2.14. The smallest absolute Gasteiger partial charge is 0.251 e. The Morgan fingerprint density at radius 2 is 1.95 bits per heavy atom. The SMILES string of the molecule is CCS(=O)(=O)c1ccc(C(=O)NC2CCNC(C)C2)cc1.Cl. The minimum Gasteiger partial charge on any atom is -0.349 e. The topological polar surface area (TPSA) is 75.3 Å². The van der Waals surface area contributed by atoms with Gasteiger partial charge in [0.25, 0.3) is 5.91 Å². The van der Waals surface area contributed by atoms with Gasteiger partial charge in [0.1, 0.15) is 0 Å². The Hall–Kier alpha value is -1.11. The van der Waals surface area contributed by atoms with E-state index in [1.54, 1.807) is 19.1 Å². The lowest BCUT2D eigenvalue weighted by Gasteiger charge is -2.28. The van der Waals surface area contributed by atoms with Gasteiger partial charge >= 0.3 is 0 Å². The summed E-state index contributed by atoms with van der Waals surface area (Å²) in [6.07, 6.45) is 1.83. The van der Waals surface area contributed by atoms with Crippen LogP contribution in [0.3, 0.4) is 0 Å². The quantitative estimate of drug-likeness (QED) is 0.871. The molecule has 0 radical (unpaired) electrons. The molecule has 2 unspecified atom stereocenters. The third kappa shape index (κ3) is 4.69. The number of carbonyl (C=O) groups is 1. The van der Waals surface area contributed by atoms with Crippen molar-refractivity contribution in [1.29, 1.82) is 0 Å². The van der Waals surface area contributed by atoms with E-state index in [1.165, 1.54) is 12.1 Å². The molecule has 0 spiro atoms. The second-order valence-corrected chi connectivity index (χ2v) is 7.76. The summed E-state index contributed by atoms with van der Waals surface area (Å²) in [6.45, 7) is 4.61. The minimum absolute atomic E-state index is 0. The molecule has 2 atom stereocenters. The number of amides is 1. The lowest BCUT2D eigenvalue weighted by Crippen LogP contribution is -2.46. The number of piperidine rings is 1. The van der Waals surface area contributed by atoms with Crippen LogP contribution in [0.25, 0.3) is 0 Å². The number of benzene rings is 1. The standard InChI is InChI=1S/C15H22N2O3S.ClH/c1-3-21(19,20)14-6-4-12(5-7-14)15(18)17-13-8-9-16-11(2)10-13;/h4-7,11,13,16H,3,8-10H2,1-2H3,(H,17,18);1H. The first kappa shape index (κ1) is 18.9. The van der Waals surface area contributed by atoms with Crippen LogP contribution in [0.1, 0.15) is 37.0 Å². The van der Waals surface area contributed by atoms with Gasteiger partial charge in [-0.3, -0.25) is 4.79 Å². The van der Waals surface area contributed by atoms with Gasteiger partial charge in [-0.15, -0.1) is 12.4 Å². The minimum atomic E-state index is -3.22. The lowest BCUT2D eigenvalue weighted by molar-refractivity contribution is 0.0925. The predicted octanol–water partition coefficient (Wildman–Crippen LogP) is 1.77. The molecule has 1 aromatic carbocycles. The molecule has 22 heavy (non-hydrogen) atoms. The number of rotatable bonds is 4. The van der Waals surface area contributed by atoms with Crippen LogP contribution in [0, 0.1) is 0 Å². The highest BCUT2D eigenvalue weighted by Gasteiger charge is 2.20. The van der Waals surface area contributed by atoms with Crippen LogP contribution in [0.15, 0.2) is 29.2 Å². The van der Waals surface area contributed by atoms with Crippen LogP contribution >= 0.6 is 12.4 Å². The molecule has 2 rings (SSSR count). The third-order valence-electron chi connectivity index (χ3n) is 3.81. The summed E-state index contributed by atoms with van der Waals surface area (Å²) < 4.78 is 23.5. The fraction of sp³-hybridized carbons (Fsp3) is 0.533. The largest absolute Gasteiger partial charge is 0.349 e. The maximum Gasteiger partial charge on any atom is 0.251 e. The number of sulfone groups is 1. The number of hydrogen-bond acceptors (Lipinski definition) is 4. The Morgan fingerprint density at radius 1 is 1.32 bits per heavy atom. The number of nitrogens with one attached hydrogen (secondary N) is 2. The first-order valence-corrected chi connectivity index (χ1v) is 8.94. The Labute approximate surface area is 138 Å². The maximum atomic E-state index is 12.2. The van der Waals surface area contributed by atoms with Gasteiger partial charge in [0, 0.05) is 17.6 Å². The van der Waals surface area contributed by atoms with Crippen molar-refractivity contribution in [3.63, 3.8) is 0 Å². The van der Waals surface area contributed by atoms with E-state index in [1.807, 2.05) is 0 Å². The van der Waals surface area contributed by atoms with E-state index in [2.05, 4.69) is 17.6 Å². The van der Waals surface area contributed by atoms with E-state index >= 15 is 0 Å². The number of hydrogen-bond donors (Lipinski definition) is 2. The molecular formula is C15H23ClN2O3S. The van der Waals surface area contributed by atoms with Crippen molar-refractivity contribution in [2.45, 2.75) is 43.7 Å². The summed E-state index contributed by atoms with van der Waals surface area (Å²) in [6, 6.07) is 6.72. The van der Waals surface area contributed by atoms with Crippen molar-refractivity contribution in [3.8, 4) is 0 Å². The molecule has 0 aromatic heterocycles. The zero-order valence-electron chi connectivity index (χ0n) is 12.8. The highest BCUT2D eigenvalue weighted by atomic mass is 35.5. The average Bonchev–Trinajstić information content (AvgIpc) is 2.47. The van der Waals surface area contributed by atoms with Crippen LogP contribution < -0.4 is 10.6 Å². The first-order valence-electron chi connectivity index (χ1n) is 7.29. The van der Waals surface area contributed by atoms with E-state index in [0.717, 1.165) is 19.4 Å². The predicted molar refractivity (Wildman–Crippen MR) is 89.4 cm³/mol. The molecule has 1 fully saturated rings. The van der Waals surface area contributed by atoms with E-state index in [-0.39, 0.29) is 35.0 Å². The fourth-order valence-corrected chi connectivity index (χ4v) is 3.40. The van der Waals surface area contributed by atoms with Gasteiger partial charge in [0.05, 0.1) is 10.6 Å². The summed E-state index contributed by atoms with van der Waals surface area (Å²) >= 11 is 0. The van der Waals surface area contributed by atoms with Crippen LogP contribution in [0.2, 0.25) is 0 Å². The number of carbonyl (C=O) groups excluding carboxylic acids is 1. The van der Waals surface area contributed by atoms with Crippen molar-refractivity contribution in [2.24, 2.45) is 0 Å². The molecule has 1 amide bonds. The van der Waals surface area contributed by atoms with Crippen LogP contribution in [0.5, 0.6) is 0 Å². The Kier molecular flexibility index (Phi) is 6.84. The molecule has 0 saturated carbocycles. The lowest BCUT2D eigenvalue weighted by atomic mass is 10.0. The van der Waals surface area contributed by atoms with Crippen molar-refractivity contribution in [2.75, 3.05) is 12.3 Å². The van der Waals surface area contributed by atoms with Crippen LogP contribution in [0.4, 0.5) is 0 Å². The first-order chi connectivity index (χ1) is 9.92. The van der Waals surface area contributed by atoms with Gasteiger partial charge in [-0.05, 0) is 50.6 Å². The zero-order valence-corrected chi connectivity index (χ0v) is 14.5. The normalized spacial score (nSPS) is 21.7. The van der Waals surface area contributed by atoms with Crippen molar-refractivity contribution in [3.05, 3.63) is 29.8 Å². The molecule has 1 aliphatic rings. The van der Waals surface area contributed by atoms with Crippen LogP contribution in [-0.4, -0.2) is 38.7 Å². The average molecular weight is 347 g/mol. The summed E-state index contributed by atoms with van der Waals surface area (Å²) in [7, 11) is -3.22. The summed E-state index contributed by atoms with van der Waals surface area (Å²) in [4.78, 5) is 12.4. The van der Waals surface area contributed by atoms with Crippen molar-refractivity contribution >= 4 is 28.2 Å². The van der Waals surface area contributed by atoms with E-state index in [9.17, 15) is 13.2 Å². The summed E-state index contributed by atoms with van der Waals surface area (Å²) in [5, 5.41) is 6.35. The summed E-state index contributed by atoms with van der Waals surface area (Å²) in [5.74, 6) is -0.0829. The second kappa shape index (κ2) is 7.94. The van der Waals surface area contributed by atoms with Gasteiger partial charge in [-0.25, -0.2) is 8.42 Å². The van der Waals surface area contributed by atoms with E-state index in [0.29, 0.717) is 11.6 Å². The molecule has 1 aliphatic heterocycles. The summed E-state index contributed by atoms with van der Waals surface area (Å²) in [5.41, 5.74) is 0.497. The monoisotopic (exact) mass is 346 g/mol. The molecule has 1 aromatic rings. The highest BCUT2D eigenvalue weighted by molar-refractivity contribution is 7.91. The van der Waals surface area contributed by atoms with Gasteiger partial charge < -0.3 is 10.6 Å². The van der Waals surface area contributed by atoms with Gasteiger partial charge in [0.15, 0.2) is 9.84 Å². The van der Waals surface area contributed by atoms with Crippen molar-refractivity contribution < 1.29 is 13.2 Å². The Bertz CT molecular complexity index is 602. The maximum absolute atomic E-state index is 12.2. The van der Waals surface area contributed by atoms with E-state index < -0.39 is 9.84 Å². The van der Waals surface area contributed by atoms with E-state index in [4.69, 9.17) is 0 Å². The molecule has 5 nitrogen and oxygen atoms in total. The zero-order chi connectivity index (χ0) is 15.5. The molecule has 1 heterocycles. The second-order valence-electron chi connectivity index (χ2n) is 5.48. The molecule has 124 valence electrons. The Morgan fingerprint density at radius 3 is 2.50 bits per heavy atom. The molecule has 0 aliphatic carbocycles. The van der Waals surface area contributed by atoms with Crippen molar-refractivity contribution in [1.82, 2.24) is 10.6 Å². The molecular weight excluding hydrogens is 324 g/mol. The molecule has 1 saturated heterocycles. The molecule has 7 heteroatoms. The van der Waals surface area contributed by atoms with Gasteiger partial charge in [0.2, 0.25) is 0 Å². The molecule has 2 N–H and O–H groups in total. The fourth-order valence-electron chi connectivity index (χ4n) is 2.51. The Balaban J connectivity index is 0.00000242. The van der Waals surface area contributed by atoms with Gasteiger partial charge in [-0.2, -0.15) is 0 Å². The van der Waals surface area contributed by atoms with Gasteiger partial charge in [-0.1, -0.05) is 6.92 Å². The van der Waals surface area contributed by atoms with Crippen LogP contribution in [-0.2, 0) is 9.84 Å². The third-order valence-corrected chi connectivity index (χ3v) is 5.57. The molecule has 0 bridgehead atoms. The number of halogens is 1.